The molecule has 13 heavy (non-hydrogen) atoms. The second kappa shape index (κ2) is 3.26. The zero-order valence-electron chi connectivity index (χ0n) is 7.77. The van der Waals surface area contributed by atoms with Crippen LogP contribution in [0.15, 0.2) is 29.7 Å². The fourth-order valence-corrected chi connectivity index (χ4v) is 7.55. The third-order valence-electron chi connectivity index (χ3n) is 2.51. The Labute approximate surface area is 78.5 Å². The average Bonchev–Trinajstić information content (AvgIpc) is 2.71. The first kappa shape index (κ1) is 10.4. The molecular formula is C8H13N2O2W. The van der Waals surface area contributed by atoms with Gasteiger partial charge in [-0.1, -0.05) is 0 Å². The first-order chi connectivity index (χ1) is 6.09. The topological polar surface area (TPSA) is 58.9 Å². The van der Waals surface area contributed by atoms with Gasteiger partial charge in [0, 0.05) is 0 Å². The van der Waals surface area contributed by atoms with Gasteiger partial charge in [0.05, 0.1) is 0 Å². The number of hydrogen-bond acceptors (Lipinski definition) is 4. The van der Waals surface area contributed by atoms with Crippen LogP contribution in [0.5, 0.6) is 0 Å². The fraction of sp³-hybridized carbons (Fsp3) is 0.500. The molecule has 0 saturated carbocycles. The number of nitrogens with zero attached hydrogens (tertiary/aromatic N) is 2. The predicted octanol–water partition coefficient (Wildman–Crippen LogP) is 3.37. The van der Waals surface area contributed by atoms with Gasteiger partial charge in [0.2, 0.25) is 0 Å². The molecule has 0 bridgehead atoms. The summed E-state index contributed by atoms with van der Waals surface area (Å²) in [5.74, 6) is 0. The normalized spacial score (nSPS) is 18.9. The SMILES string of the molecule is C[CH2][W]([CH3])([N]=O)([N]=O)[C]1=CC=CC1. The quantitative estimate of drug-likeness (QED) is 0.728. The van der Waals surface area contributed by atoms with E-state index in [1.54, 1.807) is 5.31 Å². The minimum atomic E-state index is -4.23. The molecule has 0 aliphatic heterocycles. The number of nitroso groups, excluding NO2 is 2. The summed E-state index contributed by atoms with van der Waals surface area (Å²) in [6.45, 7) is 1.83. The van der Waals surface area contributed by atoms with Crippen LogP contribution in [0.3, 0.4) is 0 Å². The Balaban J connectivity index is 3.18. The maximum absolute atomic E-state index is 10.9. The van der Waals surface area contributed by atoms with Gasteiger partial charge in [-0.3, -0.25) is 0 Å². The molecule has 1 aliphatic carbocycles. The van der Waals surface area contributed by atoms with Gasteiger partial charge in [-0.05, 0) is 0 Å². The molecule has 73 valence electrons. The summed E-state index contributed by atoms with van der Waals surface area (Å²) < 4.78 is 7.16. The molecule has 0 aromatic heterocycles. The second-order valence-corrected chi connectivity index (χ2v) is 19.2. The summed E-state index contributed by atoms with van der Waals surface area (Å²) in [6, 6.07) is 0. The van der Waals surface area contributed by atoms with Crippen LogP contribution in [-0.4, -0.2) is 0 Å². The van der Waals surface area contributed by atoms with Gasteiger partial charge < -0.3 is 0 Å². The summed E-state index contributed by atoms with van der Waals surface area (Å²) >= 11 is -4.23. The van der Waals surface area contributed by atoms with Crippen LogP contribution in [0.25, 0.3) is 0 Å². The van der Waals surface area contributed by atoms with Crippen LogP contribution in [0.1, 0.15) is 13.3 Å². The van der Waals surface area contributed by atoms with E-state index in [0.717, 1.165) is 3.96 Å². The minimum absolute atomic E-state index is 0.501. The van der Waals surface area contributed by atoms with E-state index in [2.05, 4.69) is 7.47 Å². The maximum atomic E-state index is 10.9. The molecule has 0 spiro atoms. The van der Waals surface area contributed by atoms with E-state index in [1.807, 2.05) is 25.2 Å². The van der Waals surface area contributed by atoms with E-state index >= 15 is 0 Å². The molecule has 5 heteroatoms. The van der Waals surface area contributed by atoms with E-state index in [9.17, 15) is 9.81 Å². The number of rotatable bonds is 4. The molecule has 0 aromatic carbocycles. The Bertz CT molecular complexity index is 301. The van der Waals surface area contributed by atoms with Crippen molar-refractivity contribution >= 4 is 0 Å². The molecule has 4 nitrogen and oxygen atoms in total. The van der Waals surface area contributed by atoms with Gasteiger partial charge in [0.15, 0.2) is 0 Å². The van der Waals surface area contributed by atoms with Gasteiger partial charge in [0.1, 0.15) is 0 Å². The second-order valence-electron chi connectivity index (χ2n) is 3.23. The Morgan fingerprint density at radius 1 is 1.46 bits per heavy atom. The third-order valence-corrected chi connectivity index (χ3v) is 16.3. The number of hydrogen-bond donors (Lipinski definition) is 0. The molecule has 1 rings (SSSR count). The summed E-state index contributed by atoms with van der Waals surface area (Å²) in [6.07, 6.45) is 6.29. The Hall–Kier alpha value is -0.632. The summed E-state index contributed by atoms with van der Waals surface area (Å²) in [5, 5.41) is 1.69. The van der Waals surface area contributed by atoms with Gasteiger partial charge in [-0.15, -0.1) is 0 Å². The van der Waals surface area contributed by atoms with E-state index in [-0.39, 0.29) is 0 Å². The van der Waals surface area contributed by atoms with Crippen molar-refractivity contribution in [3.05, 3.63) is 32.0 Å². The Kier molecular flexibility index (Phi) is 2.62. The first-order valence-corrected chi connectivity index (χ1v) is 13.2. The van der Waals surface area contributed by atoms with Crippen molar-refractivity contribution in [1.29, 1.82) is 0 Å². The van der Waals surface area contributed by atoms with E-state index in [4.69, 9.17) is 0 Å². The van der Waals surface area contributed by atoms with Crippen molar-refractivity contribution in [2.75, 3.05) is 0 Å². The van der Waals surface area contributed by atoms with E-state index in [0.29, 0.717) is 11.2 Å². The fourth-order valence-electron chi connectivity index (χ4n) is 1.22. The first-order valence-electron chi connectivity index (χ1n) is 4.06. The standard InChI is InChI=1S/C5H5.C2H5.CH3.2NO.W/c1-2-4-5-3-1;1-2;;2*1-2;/h1-3H,4H2;1H2,2H3;1H3;;;/q;;;2*-1;+2. The predicted molar refractivity (Wildman–Crippen MR) is 49.8 cm³/mol. The number of allylic oxidation sites excluding steroid dienone is 4. The zero-order chi connectivity index (χ0) is 9.97. The van der Waals surface area contributed by atoms with Crippen LogP contribution in [-0.2, 0) is 15.3 Å². The van der Waals surface area contributed by atoms with Gasteiger partial charge in [0.25, 0.3) is 0 Å². The molecule has 0 unspecified atom stereocenters. The van der Waals surface area contributed by atoms with Crippen molar-refractivity contribution in [2.24, 2.45) is 7.47 Å². The van der Waals surface area contributed by atoms with Crippen molar-refractivity contribution in [3.63, 3.8) is 0 Å². The molecule has 0 fully saturated rings. The van der Waals surface area contributed by atoms with E-state index in [1.165, 1.54) is 0 Å². The molecule has 0 aromatic rings. The molecule has 0 atom stereocenters. The van der Waals surface area contributed by atoms with Gasteiger partial charge >= 0.3 is 78.3 Å². The average molecular weight is 353 g/mol. The van der Waals surface area contributed by atoms with Crippen molar-refractivity contribution in [3.8, 4) is 0 Å². The molecule has 0 saturated heterocycles. The molecule has 0 N–H and O–H groups in total. The molecule has 0 heterocycles. The summed E-state index contributed by atoms with van der Waals surface area (Å²) in [5.41, 5.74) is 0. The molecule has 0 amide bonds. The van der Waals surface area contributed by atoms with Gasteiger partial charge in [-0.2, -0.15) is 0 Å². The van der Waals surface area contributed by atoms with Crippen LogP contribution >= 0.6 is 0 Å². The monoisotopic (exact) mass is 353 g/mol. The van der Waals surface area contributed by atoms with Crippen LogP contribution in [0.4, 0.5) is 0 Å². The van der Waals surface area contributed by atoms with Crippen LogP contribution < -0.4 is 0 Å². The van der Waals surface area contributed by atoms with Crippen LogP contribution in [0, 0.1) is 9.81 Å². The third kappa shape index (κ3) is 1.44. The van der Waals surface area contributed by atoms with Crippen molar-refractivity contribution in [1.82, 2.24) is 0 Å². The summed E-state index contributed by atoms with van der Waals surface area (Å²) in [4.78, 5) is 22.3. The van der Waals surface area contributed by atoms with E-state index < -0.39 is 15.3 Å². The van der Waals surface area contributed by atoms with Crippen molar-refractivity contribution in [2.45, 2.75) is 23.5 Å². The summed E-state index contributed by atoms with van der Waals surface area (Å²) in [7, 11) is 0. The van der Waals surface area contributed by atoms with Crippen molar-refractivity contribution < 1.29 is 15.3 Å². The van der Waals surface area contributed by atoms with Gasteiger partial charge in [-0.25, -0.2) is 0 Å². The van der Waals surface area contributed by atoms with Crippen LogP contribution in [0.2, 0.25) is 10.1 Å². The molecular weight excluding hydrogens is 340 g/mol. The Morgan fingerprint density at radius 2 is 2.08 bits per heavy atom. The molecule has 1 aliphatic rings. The zero-order valence-corrected chi connectivity index (χ0v) is 10.7. The molecule has 0 radical (unpaired) electrons. The Morgan fingerprint density at radius 3 is 2.38 bits per heavy atom.